The number of fused-ring (bicyclic) bond motifs is 1. The first-order valence-electron chi connectivity index (χ1n) is 6.76. The van der Waals surface area contributed by atoms with Crippen molar-refractivity contribution >= 4 is 27.9 Å². The van der Waals surface area contributed by atoms with E-state index in [1.54, 1.807) is 0 Å². The van der Waals surface area contributed by atoms with Gasteiger partial charge in [0.2, 0.25) is 10.9 Å². The molecule has 0 radical (unpaired) electrons. The van der Waals surface area contributed by atoms with Gasteiger partial charge in [0.05, 0.1) is 0 Å². The third-order valence-electron chi connectivity index (χ3n) is 2.98. The van der Waals surface area contributed by atoms with Crippen molar-refractivity contribution in [3.05, 3.63) is 30.1 Å². The van der Waals surface area contributed by atoms with Gasteiger partial charge in [0.1, 0.15) is 5.01 Å². The second-order valence-corrected chi connectivity index (χ2v) is 5.68. The van der Waals surface area contributed by atoms with E-state index < -0.39 is 0 Å². The number of carbonyl (C=O) groups is 1. The molecule has 0 aliphatic heterocycles. The quantitative estimate of drug-likeness (QED) is 0.804. The van der Waals surface area contributed by atoms with Gasteiger partial charge in [0.25, 0.3) is 0 Å². The Hall–Kier alpha value is -2.28. The number of carbonyl (C=O) groups excluding carboxylic acids is 1. The van der Waals surface area contributed by atoms with E-state index in [1.807, 2.05) is 28.8 Å². The van der Waals surface area contributed by atoms with Gasteiger partial charge in [-0.3, -0.25) is 4.79 Å². The van der Waals surface area contributed by atoms with Crippen molar-refractivity contribution in [1.82, 2.24) is 19.8 Å². The van der Waals surface area contributed by atoms with Crippen LogP contribution in [0.25, 0.3) is 15.5 Å². The van der Waals surface area contributed by atoms with Gasteiger partial charge in [-0.05, 0) is 30.7 Å². The molecule has 3 aromatic rings. The van der Waals surface area contributed by atoms with Crippen molar-refractivity contribution in [2.75, 3.05) is 5.32 Å². The molecular formula is C14H15N5OS. The van der Waals surface area contributed by atoms with Crippen molar-refractivity contribution in [2.24, 2.45) is 0 Å². The molecule has 6 nitrogen and oxygen atoms in total. The standard InChI is InChI=1S/C14H15N5OS/c1-3-4-12-16-17-14-19(12)18-13(21-14)10-5-7-11(8-6-10)15-9(2)20/h5-8H,3-4H2,1-2H3,(H,15,20). The number of aryl methyl sites for hydroxylation is 1. The van der Waals surface area contributed by atoms with E-state index in [4.69, 9.17) is 0 Å². The van der Waals surface area contributed by atoms with Gasteiger partial charge in [-0.25, -0.2) is 0 Å². The maximum absolute atomic E-state index is 11.0. The summed E-state index contributed by atoms with van der Waals surface area (Å²) in [7, 11) is 0. The van der Waals surface area contributed by atoms with E-state index in [1.165, 1.54) is 18.3 Å². The summed E-state index contributed by atoms with van der Waals surface area (Å²) in [5, 5.41) is 16.5. The predicted octanol–water partition coefficient (Wildman–Crippen LogP) is 2.76. The fourth-order valence-corrected chi connectivity index (χ4v) is 2.92. The molecule has 1 N–H and O–H groups in total. The largest absolute Gasteiger partial charge is 0.326 e. The van der Waals surface area contributed by atoms with Gasteiger partial charge < -0.3 is 5.32 Å². The maximum Gasteiger partial charge on any atom is 0.234 e. The van der Waals surface area contributed by atoms with E-state index in [9.17, 15) is 4.79 Å². The van der Waals surface area contributed by atoms with Crippen LogP contribution in [0.3, 0.4) is 0 Å². The van der Waals surface area contributed by atoms with Crippen LogP contribution in [-0.4, -0.2) is 25.7 Å². The average Bonchev–Trinajstić information content (AvgIpc) is 3.01. The number of nitrogens with one attached hydrogen (secondary N) is 1. The first kappa shape index (κ1) is 13.7. The Morgan fingerprint density at radius 3 is 2.71 bits per heavy atom. The van der Waals surface area contributed by atoms with Crippen LogP contribution < -0.4 is 5.32 Å². The van der Waals surface area contributed by atoms with E-state index in [2.05, 4.69) is 27.5 Å². The summed E-state index contributed by atoms with van der Waals surface area (Å²) in [5.74, 6) is 0.815. The molecule has 0 saturated heterocycles. The number of rotatable bonds is 4. The molecule has 0 aliphatic carbocycles. The third kappa shape index (κ3) is 2.78. The van der Waals surface area contributed by atoms with Crippen LogP contribution in [0.4, 0.5) is 5.69 Å². The summed E-state index contributed by atoms with van der Waals surface area (Å²) in [5.41, 5.74) is 1.78. The van der Waals surface area contributed by atoms with E-state index in [0.29, 0.717) is 0 Å². The van der Waals surface area contributed by atoms with Crippen LogP contribution >= 0.6 is 11.3 Å². The number of benzene rings is 1. The Kier molecular flexibility index (Phi) is 3.66. The minimum Gasteiger partial charge on any atom is -0.326 e. The summed E-state index contributed by atoms with van der Waals surface area (Å²) in [6.45, 7) is 3.60. The molecule has 0 saturated carbocycles. The zero-order valence-electron chi connectivity index (χ0n) is 11.8. The van der Waals surface area contributed by atoms with Gasteiger partial charge in [0.15, 0.2) is 5.82 Å². The number of anilines is 1. The lowest BCUT2D eigenvalue weighted by Crippen LogP contribution is -2.05. The monoisotopic (exact) mass is 301 g/mol. The summed E-state index contributed by atoms with van der Waals surface area (Å²) in [4.78, 5) is 11.8. The summed E-state index contributed by atoms with van der Waals surface area (Å²) >= 11 is 1.51. The zero-order chi connectivity index (χ0) is 14.8. The number of nitrogens with zero attached hydrogens (tertiary/aromatic N) is 4. The van der Waals surface area contributed by atoms with Gasteiger partial charge in [-0.2, -0.15) is 9.61 Å². The van der Waals surface area contributed by atoms with Gasteiger partial charge in [-0.1, -0.05) is 18.3 Å². The highest BCUT2D eigenvalue weighted by molar-refractivity contribution is 7.19. The molecule has 1 aromatic carbocycles. The molecule has 3 rings (SSSR count). The molecule has 2 heterocycles. The first-order valence-corrected chi connectivity index (χ1v) is 7.58. The van der Waals surface area contributed by atoms with Crippen LogP contribution in [-0.2, 0) is 11.2 Å². The van der Waals surface area contributed by atoms with E-state index >= 15 is 0 Å². The van der Waals surface area contributed by atoms with Crippen LogP contribution in [0.15, 0.2) is 24.3 Å². The molecule has 0 unspecified atom stereocenters. The van der Waals surface area contributed by atoms with Crippen molar-refractivity contribution in [3.8, 4) is 10.6 Å². The fraction of sp³-hybridized carbons (Fsp3) is 0.286. The Balaban J connectivity index is 1.91. The lowest BCUT2D eigenvalue weighted by Gasteiger charge is -2.02. The Labute approximate surface area is 125 Å². The molecule has 7 heteroatoms. The highest BCUT2D eigenvalue weighted by Gasteiger charge is 2.12. The number of amides is 1. The van der Waals surface area contributed by atoms with Gasteiger partial charge >= 0.3 is 0 Å². The summed E-state index contributed by atoms with van der Waals surface area (Å²) in [6.07, 6.45) is 1.88. The highest BCUT2D eigenvalue weighted by atomic mass is 32.1. The van der Waals surface area contributed by atoms with Crippen molar-refractivity contribution in [1.29, 1.82) is 0 Å². The minimum absolute atomic E-state index is 0.0780. The van der Waals surface area contributed by atoms with Crippen molar-refractivity contribution < 1.29 is 4.79 Å². The van der Waals surface area contributed by atoms with Crippen LogP contribution in [0.2, 0.25) is 0 Å². The third-order valence-corrected chi connectivity index (χ3v) is 3.93. The molecule has 108 valence electrons. The molecule has 0 fully saturated rings. The highest BCUT2D eigenvalue weighted by Crippen LogP contribution is 2.26. The van der Waals surface area contributed by atoms with Crippen LogP contribution in [0.1, 0.15) is 26.1 Å². The van der Waals surface area contributed by atoms with E-state index in [-0.39, 0.29) is 5.91 Å². The lowest BCUT2D eigenvalue weighted by molar-refractivity contribution is -0.114. The van der Waals surface area contributed by atoms with Crippen LogP contribution in [0, 0.1) is 0 Å². The van der Waals surface area contributed by atoms with Gasteiger partial charge in [-0.15, -0.1) is 10.2 Å². The predicted molar refractivity (Wildman–Crippen MR) is 82.4 cm³/mol. The van der Waals surface area contributed by atoms with E-state index in [0.717, 1.165) is 39.9 Å². The van der Waals surface area contributed by atoms with Gasteiger partial charge in [0, 0.05) is 24.6 Å². The molecular weight excluding hydrogens is 286 g/mol. The first-order chi connectivity index (χ1) is 10.2. The minimum atomic E-state index is -0.0780. The molecule has 0 spiro atoms. The topological polar surface area (TPSA) is 72.2 Å². The molecule has 0 bridgehead atoms. The molecule has 2 aromatic heterocycles. The second kappa shape index (κ2) is 5.61. The normalized spacial score (nSPS) is 11.0. The number of hydrogen-bond donors (Lipinski definition) is 1. The second-order valence-electron chi connectivity index (χ2n) is 4.73. The number of aromatic nitrogens is 4. The Morgan fingerprint density at radius 2 is 2.05 bits per heavy atom. The Morgan fingerprint density at radius 1 is 1.29 bits per heavy atom. The average molecular weight is 301 g/mol. The van der Waals surface area contributed by atoms with Crippen LogP contribution in [0.5, 0.6) is 0 Å². The summed E-state index contributed by atoms with van der Waals surface area (Å²) < 4.78 is 1.81. The maximum atomic E-state index is 11.0. The zero-order valence-corrected chi connectivity index (χ0v) is 12.6. The molecule has 0 aliphatic rings. The lowest BCUT2D eigenvalue weighted by atomic mass is 10.2. The molecule has 1 amide bonds. The molecule has 21 heavy (non-hydrogen) atoms. The fourth-order valence-electron chi connectivity index (χ4n) is 2.05. The SMILES string of the molecule is CCCc1nnc2sc(-c3ccc(NC(C)=O)cc3)nn12. The Bertz CT molecular complexity index is 774. The summed E-state index contributed by atoms with van der Waals surface area (Å²) in [6, 6.07) is 7.62. The molecule has 0 atom stereocenters. The number of hydrogen-bond acceptors (Lipinski definition) is 5. The smallest absolute Gasteiger partial charge is 0.234 e. The van der Waals surface area contributed by atoms with Crippen molar-refractivity contribution in [2.45, 2.75) is 26.7 Å². The van der Waals surface area contributed by atoms with Crippen molar-refractivity contribution in [3.63, 3.8) is 0 Å².